The van der Waals surface area contributed by atoms with Crippen LogP contribution in [0.25, 0.3) is 10.9 Å². The Morgan fingerprint density at radius 3 is 2.74 bits per heavy atom. The summed E-state index contributed by atoms with van der Waals surface area (Å²) in [5.41, 5.74) is 1.95. The van der Waals surface area contributed by atoms with Gasteiger partial charge in [0, 0.05) is 62.2 Å². The van der Waals surface area contributed by atoms with E-state index in [1.165, 1.54) is 7.05 Å². The van der Waals surface area contributed by atoms with Crippen LogP contribution < -0.4 is 15.5 Å². The van der Waals surface area contributed by atoms with Gasteiger partial charge in [0.2, 0.25) is 11.8 Å². The van der Waals surface area contributed by atoms with Crippen molar-refractivity contribution in [3.63, 3.8) is 0 Å². The quantitative estimate of drug-likeness (QED) is 0.436. The number of amides is 2. The highest BCUT2D eigenvalue weighted by atomic mass is 127. The summed E-state index contributed by atoms with van der Waals surface area (Å²) in [6.07, 6.45) is 2.35. The number of nitrogens with zero attached hydrogens (tertiary/aromatic N) is 3. The zero-order valence-electron chi connectivity index (χ0n) is 17.5. The summed E-state index contributed by atoms with van der Waals surface area (Å²) < 4.78 is 13.5. The maximum atomic E-state index is 14.9. The van der Waals surface area contributed by atoms with Gasteiger partial charge in [-0.05, 0) is 60.2 Å². The van der Waals surface area contributed by atoms with Crippen molar-refractivity contribution in [2.45, 2.75) is 35.9 Å². The van der Waals surface area contributed by atoms with Crippen LogP contribution in [-0.2, 0) is 9.59 Å². The van der Waals surface area contributed by atoms with E-state index in [2.05, 4.69) is 26.6 Å². The van der Waals surface area contributed by atoms with Crippen LogP contribution in [0.1, 0.15) is 31.7 Å². The van der Waals surface area contributed by atoms with Crippen LogP contribution in [0.4, 0.5) is 10.1 Å². The fraction of sp³-hybridized carbons (Fsp3) is 0.455. The second kappa shape index (κ2) is 9.77. The summed E-state index contributed by atoms with van der Waals surface area (Å²) >= 11 is 1.81. The van der Waals surface area contributed by atoms with Crippen LogP contribution in [0.3, 0.4) is 0 Å². The zero-order valence-corrected chi connectivity index (χ0v) is 19.6. The number of alkyl halides is 2. The summed E-state index contributed by atoms with van der Waals surface area (Å²) in [5.74, 6) is -0.735. The van der Waals surface area contributed by atoms with Gasteiger partial charge < -0.3 is 15.5 Å². The van der Waals surface area contributed by atoms with Crippen LogP contribution in [0.2, 0.25) is 0 Å². The minimum absolute atomic E-state index is 0.0850. The number of nitrogens with one attached hydrogen (secondary N) is 2. The summed E-state index contributed by atoms with van der Waals surface area (Å²) in [7, 11) is 1.53. The predicted molar refractivity (Wildman–Crippen MR) is 126 cm³/mol. The largest absolute Gasteiger partial charge is 0.368 e. The molecule has 1 aromatic heterocycles. The monoisotopic (exact) mass is 537 g/mol. The molecule has 0 bridgehead atoms. The van der Waals surface area contributed by atoms with Crippen molar-refractivity contribution < 1.29 is 14.0 Å². The van der Waals surface area contributed by atoms with E-state index in [1.54, 1.807) is 19.2 Å². The molecule has 1 saturated heterocycles. The highest BCUT2D eigenvalue weighted by Gasteiger charge is 2.39. The molecule has 2 aromatic rings. The molecule has 0 radical (unpaired) electrons. The van der Waals surface area contributed by atoms with Crippen LogP contribution >= 0.6 is 22.6 Å². The minimum Gasteiger partial charge on any atom is -0.368 e. The lowest BCUT2D eigenvalue weighted by Gasteiger charge is -2.42. The van der Waals surface area contributed by atoms with Crippen LogP contribution in [0, 0.1) is 17.2 Å². The molecular weight excluding hydrogens is 512 g/mol. The number of hydrogen-bond acceptors (Lipinski definition) is 5. The Morgan fingerprint density at radius 1 is 1.32 bits per heavy atom. The Balaban J connectivity index is 1.87. The van der Waals surface area contributed by atoms with E-state index in [4.69, 9.17) is 0 Å². The van der Waals surface area contributed by atoms with Gasteiger partial charge in [-0.15, -0.1) is 0 Å². The van der Waals surface area contributed by atoms with Gasteiger partial charge in [-0.3, -0.25) is 14.6 Å². The van der Waals surface area contributed by atoms with E-state index in [1.807, 2.05) is 40.8 Å². The third-order valence-corrected chi connectivity index (χ3v) is 6.48. The number of rotatable bonds is 6. The Labute approximate surface area is 194 Å². The molecule has 3 atom stereocenters. The highest BCUT2D eigenvalue weighted by molar-refractivity contribution is 14.1. The fourth-order valence-corrected chi connectivity index (χ4v) is 4.39. The lowest BCUT2D eigenvalue weighted by Crippen LogP contribution is -2.54. The number of halogens is 2. The third kappa shape index (κ3) is 5.61. The summed E-state index contributed by atoms with van der Waals surface area (Å²) in [4.78, 5) is 30.2. The maximum Gasteiger partial charge on any atom is 0.220 e. The molecule has 31 heavy (non-hydrogen) atoms. The molecule has 3 rings (SSSR count). The Bertz CT molecular complexity index is 1020. The number of nitriles is 1. The van der Waals surface area contributed by atoms with Crippen LogP contribution in [0.5, 0.6) is 0 Å². The first-order valence-electron chi connectivity index (χ1n) is 10.1. The Morgan fingerprint density at radius 2 is 2.06 bits per heavy atom. The molecule has 0 saturated carbocycles. The number of anilines is 1. The lowest BCUT2D eigenvalue weighted by molar-refractivity contribution is -0.126. The average Bonchev–Trinajstić information content (AvgIpc) is 2.75. The molecular formula is C22H25FIN5O2. The number of hydrogen-bond donors (Lipinski definition) is 2. The summed E-state index contributed by atoms with van der Waals surface area (Å²) in [5, 5.41) is 15.7. The minimum atomic E-state index is -1.46. The Kier molecular flexibility index (Phi) is 7.30. The molecule has 2 amide bonds. The Hall–Kier alpha value is -2.48. The fourth-order valence-electron chi connectivity index (χ4n) is 3.94. The number of aromatic nitrogens is 1. The first-order chi connectivity index (χ1) is 14.7. The molecule has 1 aliphatic rings. The average molecular weight is 537 g/mol. The van der Waals surface area contributed by atoms with E-state index in [0.29, 0.717) is 30.6 Å². The normalized spacial score (nSPS) is 20.5. The molecule has 9 heteroatoms. The number of carbonyl (C=O) groups excluding carboxylic acids is 2. The number of carbonyl (C=O) groups is 2. The summed E-state index contributed by atoms with van der Waals surface area (Å²) in [6, 6.07) is 9.20. The van der Waals surface area contributed by atoms with Gasteiger partial charge in [0.05, 0.1) is 11.1 Å². The van der Waals surface area contributed by atoms with E-state index in [0.717, 1.165) is 11.1 Å². The first kappa shape index (κ1) is 23.2. The number of piperidine rings is 1. The van der Waals surface area contributed by atoms with Gasteiger partial charge in [0.25, 0.3) is 0 Å². The van der Waals surface area contributed by atoms with Gasteiger partial charge in [-0.1, -0.05) is 0 Å². The van der Waals surface area contributed by atoms with Crippen LogP contribution in [-0.4, -0.2) is 46.7 Å². The lowest BCUT2D eigenvalue weighted by atomic mass is 9.90. The van der Waals surface area contributed by atoms with E-state index in [-0.39, 0.29) is 36.6 Å². The SMILES string of the molecule is CNC(=O)CCC(=O)NC1CC(C(C)(F)I)CN(c2ccc(C#N)c3ncccc23)C1. The second-order valence-corrected chi connectivity index (χ2v) is 9.98. The third-order valence-electron chi connectivity index (χ3n) is 5.60. The first-order valence-corrected chi connectivity index (χ1v) is 11.2. The molecule has 3 unspecified atom stereocenters. The molecule has 1 aliphatic heterocycles. The van der Waals surface area contributed by atoms with E-state index >= 15 is 0 Å². The van der Waals surface area contributed by atoms with Gasteiger partial charge in [0.1, 0.15) is 6.07 Å². The molecule has 1 aromatic carbocycles. The highest BCUT2D eigenvalue weighted by Crippen LogP contribution is 2.38. The van der Waals surface area contributed by atoms with Gasteiger partial charge >= 0.3 is 0 Å². The second-order valence-electron chi connectivity index (χ2n) is 7.88. The number of benzene rings is 1. The zero-order chi connectivity index (χ0) is 22.6. The summed E-state index contributed by atoms with van der Waals surface area (Å²) in [6.45, 7) is 2.53. The molecule has 1 fully saturated rings. The standard InChI is InChI=1S/C22H25FIN5O2/c1-22(23,24)15-10-16(28-20(31)8-7-19(30)26-2)13-29(12-15)18-6-5-14(11-25)21-17(18)4-3-9-27-21/h3-6,9,15-16H,7-8,10,12-13H2,1-2H3,(H,26,30)(H,28,31). The van der Waals surface area contributed by atoms with Crippen molar-refractivity contribution in [2.24, 2.45) is 5.92 Å². The molecule has 164 valence electrons. The number of pyridine rings is 1. The van der Waals surface area contributed by atoms with Crippen molar-refractivity contribution >= 4 is 51.0 Å². The smallest absolute Gasteiger partial charge is 0.220 e. The van der Waals surface area contributed by atoms with Crippen molar-refractivity contribution in [2.75, 3.05) is 25.0 Å². The number of fused-ring (bicyclic) bond motifs is 1. The molecule has 0 spiro atoms. The predicted octanol–water partition coefficient (Wildman–Crippen LogP) is 3.06. The topological polar surface area (TPSA) is 98.1 Å². The van der Waals surface area contributed by atoms with Crippen molar-refractivity contribution in [3.8, 4) is 6.07 Å². The molecule has 7 nitrogen and oxygen atoms in total. The maximum absolute atomic E-state index is 14.9. The van der Waals surface area contributed by atoms with Crippen LogP contribution in [0.15, 0.2) is 30.5 Å². The van der Waals surface area contributed by atoms with Gasteiger partial charge in [-0.25, -0.2) is 4.39 Å². The van der Waals surface area contributed by atoms with Crippen molar-refractivity contribution in [3.05, 3.63) is 36.0 Å². The van der Waals surface area contributed by atoms with Crippen molar-refractivity contribution in [1.29, 1.82) is 5.26 Å². The van der Waals surface area contributed by atoms with E-state index < -0.39 is 3.68 Å². The molecule has 0 aliphatic carbocycles. The van der Waals surface area contributed by atoms with Gasteiger partial charge in [-0.2, -0.15) is 5.26 Å². The van der Waals surface area contributed by atoms with E-state index in [9.17, 15) is 19.2 Å². The van der Waals surface area contributed by atoms with Crippen molar-refractivity contribution in [1.82, 2.24) is 15.6 Å². The van der Waals surface area contributed by atoms with Gasteiger partial charge in [0.15, 0.2) is 3.68 Å². The molecule has 2 heterocycles. The molecule has 2 N–H and O–H groups in total.